The molecule has 2 N–H and O–H groups in total. The lowest BCUT2D eigenvalue weighted by atomic mass is 9.93. The molecule has 170 valence electrons. The molecule has 0 fully saturated rings. The lowest BCUT2D eigenvalue weighted by Gasteiger charge is -2.19. The molecule has 0 radical (unpaired) electrons. The average Bonchev–Trinajstić information content (AvgIpc) is 2.72. The Morgan fingerprint density at radius 1 is 0.968 bits per heavy atom. The average molecular weight is 431 g/mol. The zero-order chi connectivity index (χ0) is 22.9. The molecule has 1 aromatic rings. The van der Waals surface area contributed by atoms with Crippen LogP contribution in [0.25, 0.3) is 0 Å². The molecule has 31 heavy (non-hydrogen) atoms. The molecule has 0 amide bonds. The standard InChI is InChI=1S/C25H34O6/c1-3-4-5-6-7-8-9-10-11-12-13-16-21-17-14-15-18-22(21)23(19-30-24(26)27)20(2)31-25(28)29/h14-15,17-18,23H,2-12,19H2,1H3,(H,26,27)(H,28,29). The third-order valence-electron chi connectivity index (χ3n) is 4.95. The second kappa shape index (κ2) is 15.8. The fourth-order valence-corrected chi connectivity index (χ4v) is 3.29. The summed E-state index contributed by atoms with van der Waals surface area (Å²) in [6.45, 7) is 5.55. The molecule has 0 bridgehead atoms. The Morgan fingerprint density at radius 2 is 1.58 bits per heavy atom. The highest BCUT2D eigenvalue weighted by molar-refractivity contribution is 5.59. The van der Waals surface area contributed by atoms with E-state index in [0.29, 0.717) is 11.1 Å². The van der Waals surface area contributed by atoms with E-state index < -0.39 is 18.2 Å². The van der Waals surface area contributed by atoms with Crippen LogP contribution < -0.4 is 0 Å². The first-order valence-corrected chi connectivity index (χ1v) is 11.0. The number of rotatable bonds is 14. The Bertz CT molecular complexity index is 759. The molecule has 0 saturated heterocycles. The first-order valence-electron chi connectivity index (χ1n) is 11.0. The van der Waals surface area contributed by atoms with E-state index >= 15 is 0 Å². The summed E-state index contributed by atoms with van der Waals surface area (Å²) in [4.78, 5) is 21.7. The number of benzene rings is 1. The van der Waals surface area contributed by atoms with Crippen LogP contribution >= 0.6 is 0 Å². The number of carboxylic acid groups (broad SMARTS) is 2. The molecule has 0 aliphatic carbocycles. The fourth-order valence-electron chi connectivity index (χ4n) is 3.29. The maximum absolute atomic E-state index is 10.9. The van der Waals surface area contributed by atoms with Gasteiger partial charge in [-0.1, -0.05) is 94.9 Å². The number of ether oxygens (including phenoxy) is 2. The fraction of sp³-hybridized carbons (Fsp3) is 0.520. The monoisotopic (exact) mass is 430 g/mol. The highest BCUT2D eigenvalue weighted by Crippen LogP contribution is 2.27. The zero-order valence-electron chi connectivity index (χ0n) is 18.4. The first kappa shape index (κ1) is 26.1. The van der Waals surface area contributed by atoms with Crippen LogP contribution in [-0.4, -0.2) is 29.1 Å². The number of hydrogen-bond acceptors (Lipinski definition) is 4. The minimum Gasteiger partial charge on any atom is -0.450 e. The van der Waals surface area contributed by atoms with Crippen molar-refractivity contribution in [3.05, 3.63) is 47.7 Å². The third-order valence-corrected chi connectivity index (χ3v) is 4.95. The molecular weight excluding hydrogens is 396 g/mol. The Balaban J connectivity index is 2.63. The van der Waals surface area contributed by atoms with Gasteiger partial charge in [0.1, 0.15) is 12.4 Å². The third kappa shape index (κ3) is 11.7. The number of unbranched alkanes of at least 4 members (excludes halogenated alkanes) is 9. The Morgan fingerprint density at radius 3 is 2.19 bits per heavy atom. The van der Waals surface area contributed by atoms with E-state index in [-0.39, 0.29) is 12.4 Å². The highest BCUT2D eigenvalue weighted by Gasteiger charge is 2.23. The second-order valence-corrected chi connectivity index (χ2v) is 7.43. The van der Waals surface area contributed by atoms with Crippen LogP contribution in [0.4, 0.5) is 9.59 Å². The van der Waals surface area contributed by atoms with Gasteiger partial charge in [-0.3, -0.25) is 0 Å². The number of carbonyl (C=O) groups is 2. The largest absolute Gasteiger partial charge is 0.511 e. The van der Waals surface area contributed by atoms with Crippen molar-refractivity contribution in [3.63, 3.8) is 0 Å². The minimum absolute atomic E-state index is 0.109. The van der Waals surface area contributed by atoms with Crippen LogP contribution in [0.2, 0.25) is 0 Å². The predicted molar refractivity (Wildman–Crippen MR) is 120 cm³/mol. The van der Waals surface area contributed by atoms with Gasteiger partial charge >= 0.3 is 12.3 Å². The van der Waals surface area contributed by atoms with Crippen molar-refractivity contribution in [2.45, 2.75) is 77.0 Å². The van der Waals surface area contributed by atoms with Gasteiger partial charge in [-0.2, -0.15) is 0 Å². The van der Waals surface area contributed by atoms with E-state index in [1.54, 1.807) is 18.2 Å². The van der Waals surface area contributed by atoms with Gasteiger partial charge in [-0.15, -0.1) is 0 Å². The van der Waals surface area contributed by atoms with Gasteiger partial charge in [0, 0.05) is 12.0 Å². The molecule has 0 aliphatic rings. The molecule has 0 spiro atoms. The molecule has 1 rings (SSSR count). The van der Waals surface area contributed by atoms with Gasteiger partial charge in [0.15, 0.2) is 0 Å². The van der Waals surface area contributed by atoms with Crippen molar-refractivity contribution in [3.8, 4) is 11.8 Å². The van der Waals surface area contributed by atoms with Crippen LogP contribution in [0.5, 0.6) is 0 Å². The van der Waals surface area contributed by atoms with Crippen molar-refractivity contribution >= 4 is 12.3 Å². The van der Waals surface area contributed by atoms with E-state index in [4.69, 9.17) is 10.2 Å². The highest BCUT2D eigenvalue weighted by atomic mass is 16.7. The molecular formula is C25H34O6. The van der Waals surface area contributed by atoms with E-state index in [2.05, 4.69) is 34.8 Å². The van der Waals surface area contributed by atoms with Crippen LogP contribution in [0, 0.1) is 11.8 Å². The zero-order valence-corrected chi connectivity index (χ0v) is 18.4. The summed E-state index contributed by atoms with van der Waals surface area (Å²) in [5.41, 5.74) is 1.29. The molecule has 1 unspecified atom stereocenters. The quantitative estimate of drug-likeness (QED) is 0.144. The second-order valence-electron chi connectivity index (χ2n) is 7.43. The Labute approximate surface area is 185 Å². The van der Waals surface area contributed by atoms with Crippen LogP contribution in [0.1, 0.15) is 88.2 Å². The molecule has 6 heteroatoms. The molecule has 0 saturated carbocycles. The maximum Gasteiger partial charge on any atom is 0.511 e. The Hall–Kier alpha value is -2.94. The van der Waals surface area contributed by atoms with Gasteiger partial charge in [-0.05, 0) is 18.1 Å². The summed E-state index contributed by atoms with van der Waals surface area (Å²) in [6.07, 6.45) is 9.06. The van der Waals surface area contributed by atoms with Gasteiger partial charge in [0.25, 0.3) is 0 Å². The van der Waals surface area contributed by atoms with Gasteiger partial charge < -0.3 is 19.7 Å². The first-order chi connectivity index (χ1) is 15.0. The van der Waals surface area contributed by atoms with Crippen LogP contribution in [0.15, 0.2) is 36.6 Å². The summed E-state index contributed by atoms with van der Waals surface area (Å²) in [5.74, 6) is 5.40. The van der Waals surface area contributed by atoms with Gasteiger partial charge in [0.2, 0.25) is 0 Å². The van der Waals surface area contributed by atoms with Crippen LogP contribution in [0.3, 0.4) is 0 Å². The van der Waals surface area contributed by atoms with Gasteiger partial charge in [-0.25, -0.2) is 9.59 Å². The predicted octanol–water partition coefficient (Wildman–Crippen LogP) is 6.95. The lowest BCUT2D eigenvalue weighted by molar-refractivity contribution is 0.0786. The summed E-state index contributed by atoms with van der Waals surface area (Å²) >= 11 is 0. The Kier molecular flexibility index (Phi) is 13.3. The van der Waals surface area contributed by atoms with Crippen molar-refractivity contribution in [1.82, 2.24) is 0 Å². The lowest BCUT2D eigenvalue weighted by Crippen LogP contribution is -2.17. The molecule has 6 nitrogen and oxygen atoms in total. The topological polar surface area (TPSA) is 93.1 Å². The molecule has 1 aromatic carbocycles. The molecule has 0 aromatic heterocycles. The van der Waals surface area contributed by atoms with Crippen LogP contribution in [-0.2, 0) is 9.47 Å². The summed E-state index contributed by atoms with van der Waals surface area (Å²) in [6, 6.07) is 7.14. The molecule has 1 atom stereocenters. The van der Waals surface area contributed by atoms with Crippen molar-refractivity contribution in [1.29, 1.82) is 0 Å². The smallest absolute Gasteiger partial charge is 0.450 e. The van der Waals surface area contributed by atoms with E-state index in [1.165, 1.54) is 44.9 Å². The van der Waals surface area contributed by atoms with Gasteiger partial charge in [0.05, 0.1) is 5.92 Å². The SMILES string of the molecule is C=C(OC(=O)O)C(COC(=O)O)c1ccccc1C#CCCCCCCCCCCC. The normalized spacial score (nSPS) is 11.1. The number of hydrogen-bond donors (Lipinski definition) is 2. The summed E-state index contributed by atoms with van der Waals surface area (Å²) in [5, 5.41) is 17.7. The van der Waals surface area contributed by atoms with E-state index in [1.807, 2.05) is 6.07 Å². The molecule has 0 aliphatic heterocycles. The van der Waals surface area contributed by atoms with Crippen molar-refractivity contribution in [2.75, 3.05) is 6.61 Å². The van der Waals surface area contributed by atoms with Crippen molar-refractivity contribution in [2.24, 2.45) is 0 Å². The molecule has 0 heterocycles. The summed E-state index contributed by atoms with van der Waals surface area (Å²) < 4.78 is 9.33. The minimum atomic E-state index is -1.51. The summed E-state index contributed by atoms with van der Waals surface area (Å²) in [7, 11) is 0. The van der Waals surface area contributed by atoms with E-state index in [0.717, 1.165) is 19.3 Å². The maximum atomic E-state index is 10.9. The van der Waals surface area contributed by atoms with E-state index in [9.17, 15) is 9.59 Å². The van der Waals surface area contributed by atoms with Crippen molar-refractivity contribution < 1.29 is 29.3 Å².